The van der Waals surface area contributed by atoms with Gasteiger partial charge in [0.1, 0.15) is 12.6 Å². The third-order valence-electron chi connectivity index (χ3n) is 5.08. The number of benzene rings is 2. The fraction of sp³-hybridized carbons (Fsp3) is 0.391. The topological polar surface area (TPSA) is 86.8 Å². The van der Waals surface area contributed by atoms with Crippen LogP contribution in [0.4, 0.5) is 5.69 Å². The second kappa shape index (κ2) is 12.5. The Labute approximate surface area is 226 Å². The monoisotopic (exact) mass is 581 g/mol. The standard InChI is InChI=1S/C23H27Cl4N3O4S/c1-5-21(23(32)28-14(2)3)29(12-16-17(24)7-6-8-18(16)25)22(31)13-30(35(4,33)34)15-9-10-19(26)20(27)11-15/h6-11,14,21H,5,12-13H2,1-4H3,(H,28,32)/t21-/m1/s1. The number of rotatable bonds is 10. The molecular formula is C23H27Cl4N3O4S. The Bertz CT molecular complexity index is 1170. The predicted molar refractivity (Wildman–Crippen MR) is 143 cm³/mol. The quantitative estimate of drug-likeness (QED) is 0.406. The number of carbonyl (C=O) groups is 2. The fourth-order valence-corrected chi connectivity index (χ4v) is 5.06. The Hall–Kier alpha value is -1.71. The molecule has 0 saturated carbocycles. The summed E-state index contributed by atoms with van der Waals surface area (Å²) in [6.45, 7) is 4.69. The van der Waals surface area contributed by atoms with Crippen molar-refractivity contribution in [3.05, 3.63) is 62.1 Å². The van der Waals surface area contributed by atoms with E-state index in [0.29, 0.717) is 15.6 Å². The molecule has 0 heterocycles. The Morgan fingerprint density at radius 3 is 2.06 bits per heavy atom. The van der Waals surface area contributed by atoms with Gasteiger partial charge >= 0.3 is 0 Å². The molecule has 0 aromatic heterocycles. The molecule has 192 valence electrons. The van der Waals surface area contributed by atoms with Crippen molar-refractivity contribution in [2.24, 2.45) is 0 Å². The lowest BCUT2D eigenvalue weighted by atomic mass is 10.1. The van der Waals surface area contributed by atoms with Gasteiger partial charge in [-0.1, -0.05) is 59.4 Å². The van der Waals surface area contributed by atoms with Crippen LogP contribution in [-0.2, 0) is 26.2 Å². The molecule has 2 aromatic carbocycles. The molecule has 7 nitrogen and oxygen atoms in total. The second-order valence-electron chi connectivity index (χ2n) is 8.18. The number of hydrogen-bond acceptors (Lipinski definition) is 4. The molecule has 35 heavy (non-hydrogen) atoms. The maximum atomic E-state index is 13.6. The summed E-state index contributed by atoms with van der Waals surface area (Å²) in [5.74, 6) is -0.997. The normalized spacial score (nSPS) is 12.4. The van der Waals surface area contributed by atoms with E-state index in [1.165, 1.54) is 23.1 Å². The highest BCUT2D eigenvalue weighted by molar-refractivity contribution is 7.92. The molecule has 0 saturated heterocycles. The van der Waals surface area contributed by atoms with Crippen LogP contribution in [0.25, 0.3) is 0 Å². The summed E-state index contributed by atoms with van der Waals surface area (Å²) in [5.41, 5.74) is 0.603. The number of anilines is 1. The van der Waals surface area contributed by atoms with E-state index in [4.69, 9.17) is 46.4 Å². The first kappa shape index (κ1) is 29.5. The average Bonchev–Trinajstić information content (AvgIpc) is 2.74. The molecule has 0 aliphatic heterocycles. The molecule has 2 aromatic rings. The van der Waals surface area contributed by atoms with Gasteiger partial charge in [0.15, 0.2) is 0 Å². The average molecular weight is 583 g/mol. The van der Waals surface area contributed by atoms with Crippen LogP contribution in [0.3, 0.4) is 0 Å². The van der Waals surface area contributed by atoms with Gasteiger partial charge in [0, 0.05) is 28.2 Å². The van der Waals surface area contributed by atoms with Gasteiger partial charge in [0.05, 0.1) is 22.0 Å². The van der Waals surface area contributed by atoms with Crippen molar-refractivity contribution in [1.29, 1.82) is 0 Å². The first-order valence-electron chi connectivity index (χ1n) is 10.7. The number of nitrogens with zero attached hydrogens (tertiary/aromatic N) is 2. The third-order valence-corrected chi connectivity index (χ3v) is 7.67. The first-order valence-corrected chi connectivity index (χ1v) is 14.1. The van der Waals surface area contributed by atoms with Gasteiger partial charge in [-0.15, -0.1) is 0 Å². The number of carbonyl (C=O) groups excluding carboxylic acids is 2. The molecule has 0 unspecified atom stereocenters. The summed E-state index contributed by atoms with van der Waals surface area (Å²) in [4.78, 5) is 27.9. The minimum absolute atomic E-state index is 0.0969. The van der Waals surface area contributed by atoms with Gasteiger partial charge in [-0.2, -0.15) is 0 Å². The predicted octanol–water partition coefficient (Wildman–Crippen LogP) is 5.40. The summed E-state index contributed by atoms with van der Waals surface area (Å²) in [6.07, 6.45) is 1.25. The smallest absolute Gasteiger partial charge is 0.244 e. The van der Waals surface area contributed by atoms with Gasteiger partial charge < -0.3 is 10.2 Å². The van der Waals surface area contributed by atoms with Crippen molar-refractivity contribution >= 4 is 73.9 Å². The van der Waals surface area contributed by atoms with Crippen LogP contribution < -0.4 is 9.62 Å². The molecule has 1 atom stereocenters. The van der Waals surface area contributed by atoms with Gasteiger partial charge in [0.25, 0.3) is 0 Å². The molecule has 12 heteroatoms. The molecule has 0 spiro atoms. The van der Waals surface area contributed by atoms with E-state index in [0.717, 1.165) is 10.6 Å². The summed E-state index contributed by atoms with van der Waals surface area (Å²) in [7, 11) is -3.91. The number of sulfonamides is 1. The van der Waals surface area contributed by atoms with E-state index in [1.54, 1.807) is 39.0 Å². The van der Waals surface area contributed by atoms with Crippen molar-refractivity contribution in [2.75, 3.05) is 17.1 Å². The summed E-state index contributed by atoms with van der Waals surface area (Å²) in [5, 5.41) is 3.82. The van der Waals surface area contributed by atoms with Crippen LogP contribution in [0.1, 0.15) is 32.8 Å². The van der Waals surface area contributed by atoms with Crippen LogP contribution in [0.2, 0.25) is 20.1 Å². The zero-order valence-electron chi connectivity index (χ0n) is 19.7. The van der Waals surface area contributed by atoms with Crippen LogP contribution in [0.5, 0.6) is 0 Å². The lowest BCUT2D eigenvalue weighted by molar-refractivity contribution is -0.140. The number of hydrogen-bond donors (Lipinski definition) is 1. The van der Waals surface area contributed by atoms with Crippen molar-refractivity contribution in [3.63, 3.8) is 0 Å². The van der Waals surface area contributed by atoms with E-state index in [-0.39, 0.29) is 40.6 Å². The highest BCUT2D eigenvalue weighted by atomic mass is 35.5. The molecule has 0 radical (unpaired) electrons. The van der Waals surface area contributed by atoms with E-state index in [1.807, 2.05) is 0 Å². The van der Waals surface area contributed by atoms with Crippen LogP contribution in [0, 0.1) is 0 Å². The van der Waals surface area contributed by atoms with Crippen molar-refractivity contribution in [3.8, 4) is 0 Å². The Balaban J connectivity index is 2.52. The molecule has 0 fully saturated rings. The van der Waals surface area contributed by atoms with Gasteiger partial charge in [0.2, 0.25) is 21.8 Å². The molecular weight excluding hydrogens is 556 g/mol. The minimum Gasteiger partial charge on any atom is -0.352 e. The minimum atomic E-state index is -3.91. The highest BCUT2D eigenvalue weighted by Crippen LogP contribution is 2.30. The van der Waals surface area contributed by atoms with Crippen LogP contribution >= 0.6 is 46.4 Å². The first-order chi connectivity index (χ1) is 16.3. The lowest BCUT2D eigenvalue weighted by Gasteiger charge is -2.33. The maximum Gasteiger partial charge on any atom is 0.244 e. The van der Waals surface area contributed by atoms with Gasteiger partial charge in [-0.05, 0) is 50.6 Å². The molecule has 0 bridgehead atoms. The molecule has 1 N–H and O–H groups in total. The molecule has 0 aliphatic rings. The Morgan fingerprint density at radius 2 is 1.57 bits per heavy atom. The zero-order valence-corrected chi connectivity index (χ0v) is 23.5. The lowest BCUT2D eigenvalue weighted by Crippen LogP contribution is -2.53. The van der Waals surface area contributed by atoms with Crippen LogP contribution in [-0.4, -0.2) is 50.0 Å². The Morgan fingerprint density at radius 1 is 0.971 bits per heavy atom. The van der Waals surface area contributed by atoms with E-state index < -0.39 is 28.5 Å². The third kappa shape index (κ3) is 7.89. The molecule has 0 aliphatic carbocycles. The molecule has 2 amide bonds. The second-order valence-corrected chi connectivity index (χ2v) is 11.7. The van der Waals surface area contributed by atoms with Crippen molar-refractivity contribution < 1.29 is 18.0 Å². The number of amides is 2. The largest absolute Gasteiger partial charge is 0.352 e. The number of nitrogens with one attached hydrogen (secondary N) is 1. The maximum absolute atomic E-state index is 13.6. The number of halogens is 4. The van der Waals surface area contributed by atoms with E-state index in [2.05, 4.69) is 5.32 Å². The van der Waals surface area contributed by atoms with E-state index in [9.17, 15) is 18.0 Å². The summed E-state index contributed by atoms with van der Waals surface area (Å²) in [6, 6.07) is 8.09. The fourth-order valence-electron chi connectivity index (χ4n) is 3.41. The van der Waals surface area contributed by atoms with Gasteiger partial charge in [-0.3, -0.25) is 13.9 Å². The zero-order chi connectivity index (χ0) is 26.5. The molecule has 2 rings (SSSR count). The SMILES string of the molecule is CC[C@H](C(=O)NC(C)C)N(Cc1c(Cl)cccc1Cl)C(=O)CN(c1ccc(Cl)c(Cl)c1)S(C)(=O)=O. The highest BCUT2D eigenvalue weighted by Gasteiger charge is 2.32. The summed E-state index contributed by atoms with van der Waals surface area (Å²) >= 11 is 24.7. The van der Waals surface area contributed by atoms with Crippen molar-refractivity contribution in [2.45, 2.75) is 45.8 Å². The summed E-state index contributed by atoms with van der Waals surface area (Å²) < 4.78 is 26.2. The van der Waals surface area contributed by atoms with E-state index >= 15 is 0 Å². The van der Waals surface area contributed by atoms with Gasteiger partial charge in [-0.25, -0.2) is 8.42 Å². The Kier molecular flexibility index (Phi) is 10.5. The van der Waals surface area contributed by atoms with Crippen LogP contribution in [0.15, 0.2) is 36.4 Å². The van der Waals surface area contributed by atoms with Crippen molar-refractivity contribution in [1.82, 2.24) is 10.2 Å².